The molecule has 0 bridgehead atoms. The molecule has 3 nitrogen and oxygen atoms in total. The molecule has 0 spiro atoms. The molecule has 0 aromatic rings. The Hall–Kier alpha value is -0.350. The van der Waals surface area contributed by atoms with Gasteiger partial charge in [0.2, 0.25) is 0 Å². The van der Waals surface area contributed by atoms with E-state index in [1.807, 2.05) is 6.08 Å². The van der Waals surface area contributed by atoms with Crippen molar-refractivity contribution in [3.05, 3.63) is 23.3 Å². The van der Waals surface area contributed by atoms with E-state index >= 15 is 0 Å². The first kappa shape index (κ1) is 16.5. The predicted molar refractivity (Wildman–Crippen MR) is 92.0 cm³/mol. The first-order chi connectivity index (χ1) is 10.7. The lowest BCUT2D eigenvalue weighted by Crippen LogP contribution is -2.52. The van der Waals surface area contributed by atoms with E-state index in [0.29, 0.717) is 11.8 Å². The van der Waals surface area contributed by atoms with Crippen LogP contribution in [-0.4, -0.2) is 48.3 Å². The van der Waals surface area contributed by atoms with E-state index in [-0.39, 0.29) is 0 Å². The van der Waals surface area contributed by atoms with Crippen LogP contribution in [0.2, 0.25) is 0 Å². The van der Waals surface area contributed by atoms with Crippen LogP contribution in [0, 0.1) is 11.8 Å². The van der Waals surface area contributed by atoms with E-state index in [9.17, 15) is 5.11 Å². The quantitative estimate of drug-likeness (QED) is 0.834. The molecule has 4 heteroatoms. The molecule has 2 aliphatic carbocycles. The first-order valence-electron chi connectivity index (χ1n) is 8.87. The molecule has 2 fully saturated rings. The summed E-state index contributed by atoms with van der Waals surface area (Å²) in [6.07, 6.45) is 12.9. The molecule has 2 atom stereocenters. The normalized spacial score (nSPS) is 30.8. The molecule has 0 aromatic heterocycles. The van der Waals surface area contributed by atoms with E-state index in [4.69, 9.17) is 11.6 Å². The highest BCUT2D eigenvalue weighted by molar-refractivity contribution is 6.31. The number of hydrogen-bond donors (Lipinski definition) is 2. The number of rotatable bonds is 4. The number of halogens is 1. The molecule has 1 aliphatic heterocycles. The molecule has 0 radical (unpaired) electrons. The molecule has 1 heterocycles. The highest BCUT2D eigenvalue weighted by Crippen LogP contribution is 2.41. The Morgan fingerprint density at radius 3 is 2.68 bits per heavy atom. The minimum absolute atomic E-state index is 0.296. The smallest absolute Gasteiger partial charge is 0.0693 e. The van der Waals surface area contributed by atoms with Crippen molar-refractivity contribution in [3.8, 4) is 0 Å². The topological polar surface area (TPSA) is 35.5 Å². The Labute approximate surface area is 139 Å². The lowest BCUT2D eigenvalue weighted by atomic mass is 9.68. The Balaban J connectivity index is 1.76. The highest BCUT2D eigenvalue weighted by Gasteiger charge is 2.42. The van der Waals surface area contributed by atoms with Crippen LogP contribution in [0.3, 0.4) is 0 Å². The Morgan fingerprint density at radius 1 is 1.27 bits per heavy atom. The molecule has 124 valence electrons. The molecule has 3 aliphatic rings. The zero-order valence-corrected chi connectivity index (χ0v) is 14.2. The second-order valence-corrected chi connectivity index (χ2v) is 7.61. The zero-order valence-electron chi connectivity index (χ0n) is 13.4. The van der Waals surface area contributed by atoms with Crippen LogP contribution in [0.4, 0.5) is 0 Å². The predicted octanol–water partition coefficient (Wildman–Crippen LogP) is 2.90. The van der Waals surface area contributed by atoms with Gasteiger partial charge in [0.25, 0.3) is 0 Å². The largest absolute Gasteiger partial charge is 0.390 e. The van der Waals surface area contributed by atoms with Crippen molar-refractivity contribution in [1.29, 1.82) is 0 Å². The molecule has 22 heavy (non-hydrogen) atoms. The van der Waals surface area contributed by atoms with Gasteiger partial charge in [0.15, 0.2) is 0 Å². The van der Waals surface area contributed by atoms with Crippen molar-refractivity contribution in [1.82, 2.24) is 10.2 Å². The van der Waals surface area contributed by atoms with E-state index < -0.39 is 5.60 Å². The number of nitrogens with zero attached hydrogens (tertiary/aromatic N) is 1. The summed E-state index contributed by atoms with van der Waals surface area (Å²) in [6.45, 7) is 5.30. The fourth-order valence-electron chi connectivity index (χ4n) is 4.36. The van der Waals surface area contributed by atoms with Gasteiger partial charge in [0, 0.05) is 43.7 Å². The Bertz CT molecular complexity index is 423. The van der Waals surface area contributed by atoms with Gasteiger partial charge in [-0.05, 0) is 31.3 Å². The summed E-state index contributed by atoms with van der Waals surface area (Å²) < 4.78 is 0. The summed E-state index contributed by atoms with van der Waals surface area (Å²) in [5, 5.41) is 15.6. The van der Waals surface area contributed by atoms with E-state index in [1.165, 1.54) is 6.42 Å². The fraction of sp³-hybridized carbons (Fsp3) is 0.778. The lowest BCUT2D eigenvalue weighted by molar-refractivity contribution is -0.0745. The summed E-state index contributed by atoms with van der Waals surface area (Å²) in [5.74, 6) is 0.667. The molecular formula is C18H29ClN2O. The summed E-state index contributed by atoms with van der Waals surface area (Å²) in [4.78, 5) is 2.52. The minimum Gasteiger partial charge on any atom is -0.390 e. The maximum Gasteiger partial charge on any atom is 0.0693 e. The molecule has 2 N–H and O–H groups in total. The van der Waals surface area contributed by atoms with Gasteiger partial charge >= 0.3 is 0 Å². The molecule has 1 saturated carbocycles. The van der Waals surface area contributed by atoms with Gasteiger partial charge in [0.05, 0.1) is 5.60 Å². The first-order valence-corrected chi connectivity index (χ1v) is 9.24. The Morgan fingerprint density at radius 2 is 2.00 bits per heavy atom. The lowest BCUT2D eigenvalue weighted by Gasteiger charge is -2.45. The minimum atomic E-state index is -0.507. The molecule has 0 aromatic carbocycles. The molecule has 1 saturated heterocycles. The van der Waals surface area contributed by atoms with Gasteiger partial charge < -0.3 is 15.3 Å². The van der Waals surface area contributed by atoms with Crippen LogP contribution in [0.15, 0.2) is 23.3 Å². The van der Waals surface area contributed by atoms with Gasteiger partial charge in [-0.15, -0.1) is 0 Å². The van der Waals surface area contributed by atoms with Crippen LogP contribution in [0.5, 0.6) is 0 Å². The van der Waals surface area contributed by atoms with Crippen LogP contribution < -0.4 is 5.32 Å². The summed E-state index contributed by atoms with van der Waals surface area (Å²) in [6, 6.07) is 0. The zero-order chi connectivity index (χ0) is 15.4. The number of allylic oxidation sites excluding steroid dienone is 4. The van der Waals surface area contributed by atoms with Gasteiger partial charge in [-0.25, -0.2) is 0 Å². The van der Waals surface area contributed by atoms with Gasteiger partial charge in [0.1, 0.15) is 0 Å². The number of piperazine rings is 1. The van der Waals surface area contributed by atoms with Crippen LogP contribution >= 0.6 is 11.6 Å². The number of hydrogen-bond acceptors (Lipinski definition) is 3. The third kappa shape index (κ3) is 3.94. The molecule has 0 amide bonds. The van der Waals surface area contributed by atoms with Gasteiger partial charge in [-0.3, -0.25) is 0 Å². The van der Waals surface area contributed by atoms with E-state index in [0.717, 1.165) is 69.9 Å². The third-order valence-electron chi connectivity index (χ3n) is 5.65. The maximum atomic E-state index is 11.4. The summed E-state index contributed by atoms with van der Waals surface area (Å²) in [7, 11) is 0. The van der Waals surface area contributed by atoms with E-state index in [2.05, 4.69) is 22.4 Å². The van der Waals surface area contributed by atoms with Crippen molar-refractivity contribution in [2.24, 2.45) is 11.8 Å². The summed E-state index contributed by atoms with van der Waals surface area (Å²) >= 11 is 6.25. The highest BCUT2D eigenvalue weighted by atomic mass is 35.5. The average molecular weight is 325 g/mol. The van der Waals surface area contributed by atoms with Crippen LogP contribution in [-0.2, 0) is 0 Å². The van der Waals surface area contributed by atoms with Gasteiger partial charge in [-0.2, -0.15) is 0 Å². The monoisotopic (exact) mass is 324 g/mol. The maximum absolute atomic E-state index is 11.4. The number of aliphatic hydroxyl groups is 1. The summed E-state index contributed by atoms with van der Waals surface area (Å²) in [5.41, 5.74) is -0.507. The Kier molecular flexibility index (Phi) is 5.61. The standard InChI is InChI=1S/C18H29ClN2O/c19-16-6-4-5-15(13-16)17(14-21-11-9-20-10-12-21)18(22)7-2-1-3-8-18/h4,6,13,15,17,20,22H,1-3,5,7-12,14H2. The van der Waals surface area contributed by atoms with Crippen molar-refractivity contribution < 1.29 is 5.11 Å². The van der Waals surface area contributed by atoms with Crippen molar-refractivity contribution >= 4 is 11.6 Å². The third-order valence-corrected chi connectivity index (χ3v) is 5.90. The van der Waals surface area contributed by atoms with Crippen molar-refractivity contribution in [3.63, 3.8) is 0 Å². The van der Waals surface area contributed by atoms with Crippen molar-refractivity contribution in [2.75, 3.05) is 32.7 Å². The second-order valence-electron chi connectivity index (χ2n) is 7.17. The molecular weight excluding hydrogens is 296 g/mol. The van der Waals surface area contributed by atoms with Crippen LogP contribution in [0.25, 0.3) is 0 Å². The van der Waals surface area contributed by atoms with Crippen molar-refractivity contribution in [2.45, 2.75) is 44.1 Å². The molecule has 2 unspecified atom stereocenters. The molecule has 3 rings (SSSR count). The second kappa shape index (κ2) is 7.48. The van der Waals surface area contributed by atoms with E-state index in [1.54, 1.807) is 0 Å². The average Bonchev–Trinajstić information content (AvgIpc) is 2.54. The fourth-order valence-corrected chi connectivity index (χ4v) is 4.61. The SMILES string of the molecule is OC1(C(CN2CCNCC2)C2C=C(Cl)C=CC2)CCCCC1. The van der Waals surface area contributed by atoms with Crippen LogP contribution in [0.1, 0.15) is 38.5 Å². The van der Waals surface area contributed by atoms with Gasteiger partial charge in [-0.1, -0.05) is 43.0 Å². The number of nitrogens with one attached hydrogen (secondary N) is 1.